The maximum absolute atomic E-state index is 14.3. The van der Waals surface area contributed by atoms with Gasteiger partial charge in [0.2, 0.25) is 5.95 Å². The highest BCUT2D eigenvalue weighted by Gasteiger charge is 2.30. The summed E-state index contributed by atoms with van der Waals surface area (Å²) in [6.45, 7) is 1.75. The number of carbonyl (C=O) groups is 1. The Morgan fingerprint density at radius 2 is 1.82 bits per heavy atom. The first kappa shape index (κ1) is 21.9. The van der Waals surface area contributed by atoms with Crippen molar-refractivity contribution in [2.24, 2.45) is 0 Å². The summed E-state index contributed by atoms with van der Waals surface area (Å²) in [6.07, 6.45) is -4.50. The van der Waals surface area contributed by atoms with Gasteiger partial charge in [-0.2, -0.15) is 13.2 Å². The maximum atomic E-state index is 14.3. The maximum Gasteiger partial charge on any atom is 0.416 e. The van der Waals surface area contributed by atoms with Gasteiger partial charge in [-0.05, 0) is 55.0 Å². The number of aromatic nitrogens is 4. The van der Waals surface area contributed by atoms with Crippen LogP contribution in [0.15, 0.2) is 48.5 Å². The van der Waals surface area contributed by atoms with Crippen molar-refractivity contribution in [2.45, 2.75) is 13.1 Å². The van der Waals surface area contributed by atoms with E-state index in [1.807, 2.05) is 0 Å². The SMILES string of the molecule is Cc1cc(C(=O)Nc2nc3cc(C(F)(F)F)ccc3[nH]2)cc2nc(-c3c(F)cccc3Cl)[nH]c12. The molecular weight excluding hydrogens is 474 g/mol. The Hall–Kier alpha value is -3.92. The first-order valence-corrected chi connectivity index (χ1v) is 10.3. The Bertz CT molecular complexity index is 1570. The van der Waals surface area contributed by atoms with Crippen molar-refractivity contribution in [3.8, 4) is 11.4 Å². The van der Waals surface area contributed by atoms with E-state index in [0.717, 1.165) is 12.1 Å². The normalized spacial score (nSPS) is 11.9. The van der Waals surface area contributed by atoms with Gasteiger partial charge in [0, 0.05) is 5.56 Å². The second-order valence-corrected chi connectivity index (χ2v) is 8.05. The fourth-order valence-corrected chi connectivity index (χ4v) is 3.93. The molecule has 0 radical (unpaired) electrons. The number of nitrogens with zero attached hydrogens (tertiary/aromatic N) is 2. The summed E-state index contributed by atoms with van der Waals surface area (Å²) in [4.78, 5) is 27.1. The molecule has 0 fully saturated rings. The number of aromatic amines is 2. The first-order valence-electron chi connectivity index (χ1n) is 9.93. The fourth-order valence-electron chi connectivity index (χ4n) is 3.68. The van der Waals surface area contributed by atoms with Crippen molar-refractivity contribution >= 4 is 45.5 Å². The van der Waals surface area contributed by atoms with Crippen LogP contribution in [0.1, 0.15) is 21.5 Å². The number of imidazole rings is 2. The Balaban J connectivity index is 1.47. The number of fused-ring (bicyclic) bond motifs is 2. The van der Waals surface area contributed by atoms with Crippen LogP contribution in [0, 0.1) is 12.7 Å². The Morgan fingerprint density at radius 3 is 2.56 bits per heavy atom. The molecule has 6 nitrogen and oxygen atoms in total. The van der Waals surface area contributed by atoms with E-state index in [4.69, 9.17) is 11.6 Å². The molecule has 1 amide bonds. The number of hydrogen-bond acceptors (Lipinski definition) is 3. The summed E-state index contributed by atoms with van der Waals surface area (Å²) in [5.74, 6) is -0.872. The van der Waals surface area contributed by atoms with Gasteiger partial charge >= 0.3 is 6.18 Å². The standard InChI is InChI=1S/C23H14ClF4N5O/c1-10-7-11(8-17-19(10)32-20(29-17)18-13(24)3-2-4-14(18)25)21(34)33-22-30-15-6-5-12(23(26,27)28)9-16(15)31-22/h2-9H,1H3,(H,29,32)(H2,30,31,33,34). The number of nitrogens with one attached hydrogen (secondary N) is 3. The molecule has 0 aliphatic heterocycles. The van der Waals surface area contributed by atoms with Gasteiger partial charge < -0.3 is 9.97 Å². The molecule has 0 saturated heterocycles. The van der Waals surface area contributed by atoms with E-state index >= 15 is 0 Å². The Kier molecular flexibility index (Phi) is 5.05. The molecule has 5 aromatic rings. The van der Waals surface area contributed by atoms with Gasteiger partial charge in [-0.25, -0.2) is 14.4 Å². The average molecular weight is 488 g/mol. The topological polar surface area (TPSA) is 86.5 Å². The molecule has 0 atom stereocenters. The number of aryl methyl sites for hydroxylation is 1. The summed E-state index contributed by atoms with van der Waals surface area (Å²) in [5.41, 5.74) is 1.62. The first-order chi connectivity index (χ1) is 16.1. The zero-order valence-corrected chi connectivity index (χ0v) is 18.1. The number of hydrogen-bond donors (Lipinski definition) is 3. The molecule has 0 aliphatic carbocycles. The van der Waals surface area contributed by atoms with Crippen LogP contribution in [0.3, 0.4) is 0 Å². The van der Waals surface area contributed by atoms with Crippen LogP contribution in [0.2, 0.25) is 5.02 Å². The van der Waals surface area contributed by atoms with E-state index in [9.17, 15) is 22.4 Å². The van der Waals surface area contributed by atoms with Crippen LogP contribution in [-0.4, -0.2) is 25.8 Å². The van der Waals surface area contributed by atoms with Crippen molar-refractivity contribution < 1.29 is 22.4 Å². The number of H-pyrrole nitrogens is 2. The van der Waals surface area contributed by atoms with Crippen molar-refractivity contribution in [1.29, 1.82) is 0 Å². The molecule has 3 N–H and O–H groups in total. The third kappa shape index (κ3) is 3.86. The molecule has 0 unspecified atom stereocenters. The number of alkyl halides is 3. The van der Waals surface area contributed by atoms with Crippen molar-refractivity contribution in [1.82, 2.24) is 19.9 Å². The van der Waals surface area contributed by atoms with E-state index in [-0.39, 0.29) is 33.4 Å². The molecule has 34 heavy (non-hydrogen) atoms. The minimum absolute atomic E-state index is 0.00192. The van der Waals surface area contributed by atoms with Crippen LogP contribution in [0.25, 0.3) is 33.5 Å². The summed E-state index contributed by atoms with van der Waals surface area (Å²) in [5, 5.41) is 2.74. The Morgan fingerprint density at radius 1 is 1.03 bits per heavy atom. The Labute approximate surface area is 194 Å². The summed E-state index contributed by atoms with van der Waals surface area (Å²) in [6, 6.07) is 10.5. The number of halogens is 5. The summed E-state index contributed by atoms with van der Waals surface area (Å²) in [7, 11) is 0. The van der Waals surface area contributed by atoms with Gasteiger partial charge in [0.05, 0.1) is 38.2 Å². The van der Waals surface area contributed by atoms with E-state index < -0.39 is 23.5 Å². The molecule has 5 rings (SSSR count). The lowest BCUT2D eigenvalue weighted by molar-refractivity contribution is -0.137. The van der Waals surface area contributed by atoms with Crippen LogP contribution in [0.4, 0.5) is 23.5 Å². The third-order valence-electron chi connectivity index (χ3n) is 5.29. The lowest BCUT2D eigenvalue weighted by Crippen LogP contribution is -2.13. The van der Waals surface area contributed by atoms with Gasteiger partial charge in [-0.15, -0.1) is 0 Å². The van der Waals surface area contributed by atoms with Gasteiger partial charge in [-0.1, -0.05) is 17.7 Å². The van der Waals surface area contributed by atoms with Gasteiger partial charge in [0.25, 0.3) is 5.91 Å². The molecule has 3 aromatic carbocycles. The second-order valence-electron chi connectivity index (χ2n) is 7.64. The van der Waals surface area contributed by atoms with E-state index in [2.05, 4.69) is 25.3 Å². The highest BCUT2D eigenvalue weighted by molar-refractivity contribution is 6.33. The molecule has 0 saturated carbocycles. The van der Waals surface area contributed by atoms with Gasteiger partial charge in [0.15, 0.2) is 0 Å². The van der Waals surface area contributed by atoms with Crippen molar-refractivity contribution in [3.05, 3.63) is 76.1 Å². The van der Waals surface area contributed by atoms with E-state index in [1.165, 1.54) is 24.3 Å². The smallest absolute Gasteiger partial charge is 0.338 e. The molecule has 11 heteroatoms. The predicted octanol–water partition coefficient (Wildman–Crippen LogP) is 6.48. The number of amides is 1. The second kappa shape index (κ2) is 7.84. The number of carbonyl (C=O) groups excluding carboxylic acids is 1. The average Bonchev–Trinajstić information content (AvgIpc) is 3.36. The summed E-state index contributed by atoms with van der Waals surface area (Å²) < 4.78 is 53.1. The van der Waals surface area contributed by atoms with Gasteiger partial charge in [-0.3, -0.25) is 10.1 Å². The molecule has 2 aromatic heterocycles. The third-order valence-corrected chi connectivity index (χ3v) is 5.61. The molecular formula is C23H14ClF4N5O. The van der Waals surface area contributed by atoms with Crippen molar-refractivity contribution in [2.75, 3.05) is 5.32 Å². The molecule has 2 heterocycles. The highest BCUT2D eigenvalue weighted by atomic mass is 35.5. The zero-order chi connectivity index (χ0) is 24.2. The zero-order valence-electron chi connectivity index (χ0n) is 17.3. The van der Waals surface area contributed by atoms with Crippen LogP contribution in [0.5, 0.6) is 0 Å². The number of benzene rings is 3. The molecule has 172 valence electrons. The highest BCUT2D eigenvalue weighted by Crippen LogP contribution is 2.32. The van der Waals surface area contributed by atoms with Crippen LogP contribution in [-0.2, 0) is 6.18 Å². The molecule has 0 aliphatic rings. The summed E-state index contributed by atoms with van der Waals surface area (Å²) >= 11 is 6.13. The molecule has 0 spiro atoms. The lowest BCUT2D eigenvalue weighted by atomic mass is 10.1. The monoisotopic (exact) mass is 487 g/mol. The minimum atomic E-state index is -4.50. The number of anilines is 1. The lowest BCUT2D eigenvalue weighted by Gasteiger charge is -2.04. The van der Waals surface area contributed by atoms with Crippen LogP contribution < -0.4 is 5.32 Å². The quantitative estimate of drug-likeness (QED) is 0.255. The predicted molar refractivity (Wildman–Crippen MR) is 120 cm³/mol. The van der Waals surface area contributed by atoms with Crippen LogP contribution >= 0.6 is 11.6 Å². The fraction of sp³-hybridized carbons (Fsp3) is 0.0870. The number of rotatable bonds is 3. The minimum Gasteiger partial charge on any atom is -0.338 e. The van der Waals surface area contributed by atoms with Gasteiger partial charge in [0.1, 0.15) is 11.6 Å². The molecule has 0 bridgehead atoms. The van der Waals surface area contributed by atoms with E-state index in [0.29, 0.717) is 22.1 Å². The largest absolute Gasteiger partial charge is 0.416 e. The van der Waals surface area contributed by atoms with E-state index in [1.54, 1.807) is 19.1 Å². The van der Waals surface area contributed by atoms with Crippen molar-refractivity contribution in [3.63, 3.8) is 0 Å².